The van der Waals surface area contributed by atoms with E-state index >= 15 is 0 Å². The van der Waals surface area contributed by atoms with Crippen LogP contribution in [0.15, 0.2) is 0 Å². The molecule has 6 nitrogen and oxygen atoms in total. The minimum Gasteiger partial charge on any atom is -0.176 e. The first-order valence-corrected chi connectivity index (χ1v) is 4.40. The number of halogens is 2. The fourth-order valence-corrected chi connectivity index (χ4v) is 0.896. The molecule has 10 heteroatoms. The molecule has 0 amide bonds. The molecule has 0 aromatic rings. The molecule has 0 aliphatic heterocycles. The van der Waals surface area contributed by atoms with E-state index in [1.54, 1.807) is 0 Å². The zero-order valence-corrected chi connectivity index (χ0v) is 5.84. The van der Waals surface area contributed by atoms with Gasteiger partial charge in [0.2, 0.25) is 0 Å². The predicted octanol–water partition coefficient (Wildman–Crippen LogP) is -1.49. The summed E-state index contributed by atoms with van der Waals surface area (Å²) in [4.78, 5) is 1.11. The third-order valence-electron chi connectivity index (χ3n) is 0.285. The summed E-state index contributed by atoms with van der Waals surface area (Å²) in [6.07, 6.45) is 0. The number of rotatable bonds is 3. The van der Waals surface area contributed by atoms with Crippen molar-refractivity contribution in [2.24, 2.45) is 0 Å². The Hall–Kier alpha value is -0.320. The third kappa shape index (κ3) is 7.68. The summed E-state index contributed by atoms with van der Waals surface area (Å²) >= 11 is 0. The Morgan fingerprint density at radius 3 is 1.10 bits per heavy atom. The van der Waals surface area contributed by atoms with Crippen molar-refractivity contribution in [3.8, 4) is 0 Å². The monoisotopic (exact) mass is 196 g/mol. The highest BCUT2D eigenvalue weighted by Gasteiger charge is 2.11. The number of nitrogens with one attached hydrogen (secondary N) is 2. The fraction of sp³-hybridized carbons (Fsp3) is 0. The molecule has 0 unspecified atom stereocenters. The van der Waals surface area contributed by atoms with E-state index in [4.69, 9.17) is 0 Å². The number of hydrogen-bond donors (Lipinski definition) is 2. The largest absolute Gasteiger partial charge is 0.386 e. The van der Waals surface area contributed by atoms with Gasteiger partial charge in [-0.2, -0.15) is 16.8 Å². The summed E-state index contributed by atoms with van der Waals surface area (Å²) in [5.74, 6) is 0. The van der Waals surface area contributed by atoms with Crippen LogP contribution in [0.3, 0.4) is 0 Å². The van der Waals surface area contributed by atoms with Crippen LogP contribution in [0.1, 0.15) is 0 Å². The zero-order chi connectivity index (χ0) is 8.41. The molecule has 10 heavy (non-hydrogen) atoms. The molecule has 62 valence electrons. The first-order chi connectivity index (χ1) is 4.21. The maximum Gasteiger partial charge on any atom is 0.386 e. The van der Waals surface area contributed by atoms with Crippen LogP contribution in [-0.2, 0) is 20.8 Å². The Morgan fingerprint density at radius 2 is 1.00 bits per heavy atom. The number of hydrazine groups is 1. The van der Waals surface area contributed by atoms with E-state index in [0.717, 1.165) is 0 Å². The van der Waals surface area contributed by atoms with E-state index in [1.807, 2.05) is 0 Å². The zero-order valence-electron chi connectivity index (χ0n) is 4.21. The third-order valence-corrected chi connectivity index (χ3v) is 1.11. The lowest BCUT2D eigenvalue weighted by molar-refractivity contribution is 0.507. The first kappa shape index (κ1) is 9.68. The van der Waals surface area contributed by atoms with Gasteiger partial charge in [-0.05, 0) is 0 Å². The Labute approximate surface area is 55.9 Å². The van der Waals surface area contributed by atoms with Crippen LogP contribution in [0.5, 0.6) is 0 Å². The van der Waals surface area contributed by atoms with Crippen LogP contribution in [0, 0.1) is 0 Å². The Morgan fingerprint density at radius 1 is 0.800 bits per heavy atom. The highest BCUT2D eigenvalue weighted by atomic mass is 32.3. The summed E-state index contributed by atoms with van der Waals surface area (Å²) in [6, 6.07) is 0. The van der Waals surface area contributed by atoms with Gasteiger partial charge in [0.05, 0.1) is 0 Å². The van der Waals surface area contributed by atoms with Gasteiger partial charge >= 0.3 is 20.8 Å². The average Bonchev–Trinajstić information content (AvgIpc) is 1.57. The molecule has 0 heterocycles. The summed E-state index contributed by atoms with van der Waals surface area (Å²) in [5.41, 5.74) is 0. The van der Waals surface area contributed by atoms with Gasteiger partial charge in [-0.3, -0.25) is 0 Å². The normalized spacial score (nSPS) is 13.4. The van der Waals surface area contributed by atoms with E-state index in [1.165, 1.54) is 0 Å². The highest BCUT2D eigenvalue weighted by Crippen LogP contribution is 1.83. The Kier molecular flexibility index (Phi) is 2.65. The van der Waals surface area contributed by atoms with Crippen molar-refractivity contribution in [1.29, 1.82) is 0 Å². The standard InChI is InChI=1S/F2H2N2O4S2/c1-9(5,6)3-4-10(2,7)8/h3-4H. The van der Waals surface area contributed by atoms with E-state index < -0.39 is 20.8 Å². The van der Waals surface area contributed by atoms with Crippen LogP contribution in [0.4, 0.5) is 7.77 Å². The van der Waals surface area contributed by atoms with Crippen molar-refractivity contribution in [3.05, 3.63) is 0 Å². The van der Waals surface area contributed by atoms with Gasteiger partial charge in [0.25, 0.3) is 0 Å². The summed E-state index contributed by atoms with van der Waals surface area (Å²) < 4.78 is 60.2. The molecule has 2 N–H and O–H groups in total. The molecule has 0 saturated heterocycles. The van der Waals surface area contributed by atoms with Crippen molar-refractivity contribution in [2.75, 3.05) is 0 Å². The van der Waals surface area contributed by atoms with Gasteiger partial charge in [-0.15, -0.1) is 9.66 Å². The molecule has 0 aromatic heterocycles. The van der Waals surface area contributed by atoms with Gasteiger partial charge in [-0.1, -0.05) is 7.77 Å². The minimum absolute atomic E-state index is 0.554. The molecule has 0 bridgehead atoms. The topological polar surface area (TPSA) is 92.3 Å². The van der Waals surface area contributed by atoms with Gasteiger partial charge < -0.3 is 0 Å². The first-order valence-electron chi connectivity index (χ1n) is 1.63. The molecular weight excluding hydrogens is 194 g/mol. The molecule has 0 radical (unpaired) electrons. The maximum atomic E-state index is 11.3. The second-order valence-electron chi connectivity index (χ2n) is 1.08. The van der Waals surface area contributed by atoms with Crippen LogP contribution >= 0.6 is 0 Å². The summed E-state index contributed by atoms with van der Waals surface area (Å²) in [7, 11) is -10.5. The molecule has 0 aromatic carbocycles. The van der Waals surface area contributed by atoms with Crippen molar-refractivity contribution in [1.82, 2.24) is 9.66 Å². The van der Waals surface area contributed by atoms with Gasteiger partial charge in [0, 0.05) is 0 Å². The molecule has 0 aliphatic rings. The Balaban J connectivity index is 4.05. The Bertz CT molecular complexity index is 255. The van der Waals surface area contributed by atoms with Gasteiger partial charge in [0.1, 0.15) is 0 Å². The highest BCUT2D eigenvalue weighted by molar-refractivity contribution is 7.87. The lowest BCUT2D eigenvalue weighted by Crippen LogP contribution is -2.37. The predicted molar refractivity (Wildman–Crippen MR) is 26.3 cm³/mol. The van der Waals surface area contributed by atoms with Crippen molar-refractivity contribution in [3.63, 3.8) is 0 Å². The van der Waals surface area contributed by atoms with Crippen molar-refractivity contribution < 1.29 is 24.6 Å². The van der Waals surface area contributed by atoms with Crippen LogP contribution in [0.2, 0.25) is 0 Å². The maximum absolute atomic E-state index is 11.3. The minimum atomic E-state index is -5.24. The quantitative estimate of drug-likeness (QED) is 0.425. The molecule has 0 saturated carbocycles. The lowest BCUT2D eigenvalue weighted by Gasteiger charge is -1.93. The van der Waals surface area contributed by atoms with E-state index in [-0.39, 0.29) is 0 Å². The van der Waals surface area contributed by atoms with Crippen molar-refractivity contribution >= 4 is 20.8 Å². The van der Waals surface area contributed by atoms with Crippen LogP contribution in [-0.4, -0.2) is 16.8 Å². The van der Waals surface area contributed by atoms with Crippen LogP contribution < -0.4 is 9.66 Å². The molecular formula is H2F2N2O4S2. The van der Waals surface area contributed by atoms with Gasteiger partial charge in [0.15, 0.2) is 0 Å². The molecule has 0 fully saturated rings. The van der Waals surface area contributed by atoms with Crippen LogP contribution in [0.25, 0.3) is 0 Å². The van der Waals surface area contributed by atoms with Gasteiger partial charge in [-0.25, -0.2) is 0 Å². The van der Waals surface area contributed by atoms with Crippen molar-refractivity contribution in [2.45, 2.75) is 0 Å². The summed E-state index contributed by atoms with van der Waals surface area (Å²) in [6.45, 7) is 0. The van der Waals surface area contributed by atoms with E-state index in [2.05, 4.69) is 0 Å². The second-order valence-corrected chi connectivity index (χ2v) is 3.24. The SMILES string of the molecule is O=S(=O)(F)NNS(=O)(=O)F. The molecule has 0 rings (SSSR count). The average molecular weight is 196 g/mol. The summed E-state index contributed by atoms with van der Waals surface area (Å²) in [5, 5.41) is 0. The molecule has 0 atom stereocenters. The molecule has 0 aliphatic carbocycles. The molecule has 0 spiro atoms. The lowest BCUT2D eigenvalue weighted by atomic mass is 13.0. The second kappa shape index (κ2) is 2.74. The number of hydrogen-bond acceptors (Lipinski definition) is 4. The van der Waals surface area contributed by atoms with E-state index in [0.29, 0.717) is 9.66 Å². The van der Waals surface area contributed by atoms with E-state index in [9.17, 15) is 24.6 Å². The smallest absolute Gasteiger partial charge is 0.176 e. The fourth-order valence-electron chi connectivity index (χ4n) is 0.0995.